The largest absolute Gasteiger partial charge is 0.439 e. The van der Waals surface area contributed by atoms with E-state index in [-0.39, 0.29) is 5.54 Å². The molecule has 4 heteroatoms. The molecule has 0 fully saturated rings. The summed E-state index contributed by atoms with van der Waals surface area (Å²) in [5, 5.41) is 3.48. The van der Waals surface area contributed by atoms with Crippen molar-refractivity contribution in [2.45, 2.75) is 26.3 Å². The fourth-order valence-electron chi connectivity index (χ4n) is 2.84. The number of allylic oxidation sites excluding steroid dienone is 1. The van der Waals surface area contributed by atoms with Gasteiger partial charge in [-0.2, -0.15) is 0 Å². The zero-order valence-electron chi connectivity index (χ0n) is 14.3. The van der Waals surface area contributed by atoms with Gasteiger partial charge < -0.3 is 15.0 Å². The highest BCUT2D eigenvalue weighted by molar-refractivity contribution is 5.77. The van der Waals surface area contributed by atoms with E-state index in [1.807, 2.05) is 55.4 Å². The number of rotatable bonds is 3. The molecule has 2 aromatic rings. The lowest BCUT2D eigenvalue weighted by Gasteiger charge is -2.30. The van der Waals surface area contributed by atoms with E-state index in [0.29, 0.717) is 5.88 Å². The van der Waals surface area contributed by atoms with Gasteiger partial charge >= 0.3 is 0 Å². The first-order chi connectivity index (χ1) is 10.8. The molecule has 1 aromatic carbocycles. The molecule has 0 aliphatic carbocycles. The molecule has 0 radical (unpaired) electrons. The summed E-state index contributed by atoms with van der Waals surface area (Å²) in [5.41, 5.74) is 4.20. The molecule has 1 aliphatic rings. The smallest absolute Gasteiger partial charge is 0.219 e. The molecule has 0 saturated heterocycles. The van der Waals surface area contributed by atoms with E-state index in [9.17, 15) is 0 Å². The number of hydrogen-bond acceptors (Lipinski definition) is 4. The molecule has 3 rings (SSSR count). The Balaban J connectivity index is 1.89. The molecule has 2 heterocycles. The Morgan fingerprint density at radius 1 is 1.13 bits per heavy atom. The minimum Gasteiger partial charge on any atom is -0.439 e. The lowest BCUT2D eigenvalue weighted by atomic mass is 9.94. The number of hydrogen-bond donors (Lipinski definition) is 1. The van der Waals surface area contributed by atoms with Gasteiger partial charge in [0.25, 0.3) is 0 Å². The molecule has 0 unspecified atom stereocenters. The van der Waals surface area contributed by atoms with Crippen LogP contribution in [0.5, 0.6) is 11.6 Å². The lowest BCUT2D eigenvalue weighted by molar-refractivity contribution is 0.462. The maximum atomic E-state index is 5.94. The third kappa shape index (κ3) is 3.31. The van der Waals surface area contributed by atoms with Gasteiger partial charge in [0, 0.05) is 31.9 Å². The summed E-state index contributed by atoms with van der Waals surface area (Å²) in [6.07, 6.45) is 2.19. The van der Waals surface area contributed by atoms with Gasteiger partial charge in [0.1, 0.15) is 5.75 Å². The number of aromatic nitrogens is 1. The topological polar surface area (TPSA) is 37.4 Å². The molecule has 1 aromatic heterocycles. The minimum atomic E-state index is -0.0544. The zero-order chi connectivity index (χ0) is 16.6. The van der Waals surface area contributed by atoms with E-state index in [0.717, 1.165) is 28.4 Å². The summed E-state index contributed by atoms with van der Waals surface area (Å²) in [4.78, 5) is 6.71. The molecule has 1 aliphatic heterocycles. The van der Waals surface area contributed by atoms with Crippen LogP contribution in [0.15, 0.2) is 42.5 Å². The third-order valence-corrected chi connectivity index (χ3v) is 3.83. The van der Waals surface area contributed by atoms with Crippen molar-refractivity contribution in [1.82, 2.24) is 4.98 Å². The molecule has 120 valence electrons. The summed E-state index contributed by atoms with van der Waals surface area (Å²) in [6.45, 7) is 6.39. The number of benzene rings is 1. The molecule has 1 N–H and O–H groups in total. The highest BCUT2D eigenvalue weighted by Gasteiger charge is 2.23. The maximum absolute atomic E-state index is 5.94. The quantitative estimate of drug-likeness (QED) is 0.902. The second-order valence-electron chi connectivity index (χ2n) is 6.71. The number of anilines is 2. The second kappa shape index (κ2) is 5.61. The van der Waals surface area contributed by atoms with Crippen LogP contribution in [-0.4, -0.2) is 24.6 Å². The predicted octanol–water partition coefficient (Wildman–Crippen LogP) is 4.55. The van der Waals surface area contributed by atoms with Crippen LogP contribution in [0.1, 0.15) is 26.5 Å². The zero-order valence-corrected chi connectivity index (χ0v) is 14.3. The number of pyridine rings is 1. The van der Waals surface area contributed by atoms with Crippen LogP contribution in [0.2, 0.25) is 0 Å². The Kier molecular flexibility index (Phi) is 3.76. The molecule has 23 heavy (non-hydrogen) atoms. The van der Waals surface area contributed by atoms with Crippen molar-refractivity contribution < 1.29 is 4.74 Å². The molecule has 0 bridgehead atoms. The van der Waals surface area contributed by atoms with Crippen LogP contribution in [0.25, 0.3) is 5.57 Å². The standard InChI is InChI=1S/C19H23N3O/c1-13-12-19(2,3)21-16-9-10-17(20-18(13)16)23-15-8-6-7-14(11-15)22(4)5/h6-12,21H,1-5H3. The number of fused-ring (bicyclic) bond motifs is 1. The SMILES string of the molecule is CC1=CC(C)(C)Nc2ccc(Oc3cccc(N(C)C)c3)nc21. The monoisotopic (exact) mass is 309 g/mol. The number of nitrogens with one attached hydrogen (secondary N) is 1. The van der Waals surface area contributed by atoms with Gasteiger partial charge in [-0.25, -0.2) is 4.98 Å². The van der Waals surface area contributed by atoms with Crippen molar-refractivity contribution in [2.24, 2.45) is 0 Å². The fraction of sp³-hybridized carbons (Fsp3) is 0.316. The average Bonchev–Trinajstić information content (AvgIpc) is 2.47. The first kappa shape index (κ1) is 15.4. The van der Waals surface area contributed by atoms with E-state index in [1.54, 1.807) is 0 Å². The van der Waals surface area contributed by atoms with Gasteiger partial charge in [0.15, 0.2) is 0 Å². The fourth-order valence-corrected chi connectivity index (χ4v) is 2.84. The van der Waals surface area contributed by atoms with E-state index in [1.165, 1.54) is 0 Å². The molecule has 0 saturated carbocycles. The summed E-state index contributed by atoms with van der Waals surface area (Å²) in [5.74, 6) is 1.39. The van der Waals surface area contributed by atoms with Crippen LogP contribution in [0, 0.1) is 0 Å². The van der Waals surface area contributed by atoms with Crippen LogP contribution < -0.4 is 15.0 Å². The van der Waals surface area contributed by atoms with Gasteiger partial charge in [-0.3, -0.25) is 0 Å². The van der Waals surface area contributed by atoms with Crippen molar-refractivity contribution in [3.05, 3.63) is 48.2 Å². The molecule has 0 amide bonds. The van der Waals surface area contributed by atoms with E-state index in [2.05, 4.69) is 37.1 Å². The molecular formula is C19H23N3O. The Hall–Kier alpha value is -2.49. The van der Waals surface area contributed by atoms with Crippen LogP contribution in [0.4, 0.5) is 11.4 Å². The van der Waals surface area contributed by atoms with Gasteiger partial charge in [-0.05, 0) is 44.5 Å². The Morgan fingerprint density at radius 3 is 2.65 bits per heavy atom. The first-order valence-corrected chi connectivity index (χ1v) is 7.78. The van der Waals surface area contributed by atoms with E-state index < -0.39 is 0 Å². The summed E-state index contributed by atoms with van der Waals surface area (Å²) < 4.78 is 5.94. The maximum Gasteiger partial charge on any atom is 0.219 e. The second-order valence-corrected chi connectivity index (χ2v) is 6.71. The highest BCUT2D eigenvalue weighted by Crippen LogP contribution is 2.34. The van der Waals surface area contributed by atoms with Gasteiger partial charge in [-0.1, -0.05) is 12.1 Å². The van der Waals surface area contributed by atoms with E-state index >= 15 is 0 Å². The molecule has 0 spiro atoms. The summed E-state index contributed by atoms with van der Waals surface area (Å²) in [7, 11) is 4.02. The van der Waals surface area contributed by atoms with Crippen molar-refractivity contribution >= 4 is 16.9 Å². The number of ether oxygens (including phenoxy) is 1. The summed E-state index contributed by atoms with van der Waals surface area (Å²) >= 11 is 0. The molecule has 0 atom stereocenters. The number of nitrogens with zero attached hydrogens (tertiary/aromatic N) is 2. The van der Waals surface area contributed by atoms with E-state index in [4.69, 9.17) is 4.74 Å². The van der Waals surface area contributed by atoms with Crippen molar-refractivity contribution in [3.8, 4) is 11.6 Å². The molecular weight excluding hydrogens is 286 g/mol. The Morgan fingerprint density at radius 2 is 1.91 bits per heavy atom. The predicted molar refractivity (Wildman–Crippen MR) is 96.4 cm³/mol. The van der Waals surface area contributed by atoms with Gasteiger partial charge in [0.05, 0.1) is 16.9 Å². The van der Waals surface area contributed by atoms with Gasteiger partial charge in [0.2, 0.25) is 5.88 Å². The Bertz CT molecular complexity index is 763. The minimum absolute atomic E-state index is 0.0544. The first-order valence-electron chi connectivity index (χ1n) is 7.78. The lowest BCUT2D eigenvalue weighted by Crippen LogP contribution is -2.31. The van der Waals surface area contributed by atoms with Crippen LogP contribution >= 0.6 is 0 Å². The molecule has 4 nitrogen and oxygen atoms in total. The van der Waals surface area contributed by atoms with Crippen LogP contribution in [0.3, 0.4) is 0 Å². The van der Waals surface area contributed by atoms with Crippen molar-refractivity contribution in [3.63, 3.8) is 0 Å². The third-order valence-electron chi connectivity index (χ3n) is 3.83. The summed E-state index contributed by atoms with van der Waals surface area (Å²) in [6, 6.07) is 11.9. The van der Waals surface area contributed by atoms with Crippen molar-refractivity contribution in [2.75, 3.05) is 24.3 Å². The normalized spacial score (nSPS) is 15.3. The average molecular weight is 309 g/mol. The highest BCUT2D eigenvalue weighted by atomic mass is 16.5. The van der Waals surface area contributed by atoms with Gasteiger partial charge in [-0.15, -0.1) is 0 Å². The van der Waals surface area contributed by atoms with Crippen molar-refractivity contribution in [1.29, 1.82) is 0 Å². The van der Waals surface area contributed by atoms with Crippen LogP contribution in [-0.2, 0) is 0 Å². The Labute approximate surface area is 137 Å².